The number of halogens is 1. The molecule has 0 radical (unpaired) electrons. The summed E-state index contributed by atoms with van der Waals surface area (Å²) >= 11 is 3.66. The van der Waals surface area contributed by atoms with E-state index in [2.05, 4.69) is 34.1 Å². The van der Waals surface area contributed by atoms with E-state index in [1.165, 1.54) is 34.9 Å². The fourth-order valence-corrected chi connectivity index (χ4v) is 4.62. The molecule has 3 aromatic rings. The monoisotopic (exact) mass is 356 g/mol. The third-order valence-electron chi connectivity index (χ3n) is 4.12. The van der Waals surface area contributed by atoms with E-state index in [1.807, 2.05) is 18.0 Å². The highest BCUT2D eigenvalue weighted by molar-refractivity contribution is 7.99. The highest BCUT2D eigenvalue weighted by Gasteiger charge is 2.12. The molecule has 4 rings (SSSR count). The molecule has 0 saturated carbocycles. The Morgan fingerprint density at radius 1 is 0.875 bits per heavy atom. The van der Waals surface area contributed by atoms with Crippen molar-refractivity contribution < 1.29 is 4.39 Å². The van der Waals surface area contributed by atoms with Gasteiger partial charge in [0.2, 0.25) is 0 Å². The molecule has 24 heavy (non-hydrogen) atoms. The second kappa shape index (κ2) is 6.95. The first-order valence-corrected chi connectivity index (χ1v) is 9.92. The van der Waals surface area contributed by atoms with E-state index in [0.717, 1.165) is 28.5 Å². The molecule has 122 valence electrons. The van der Waals surface area contributed by atoms with Crippen LogP contribution < -0.4 is 4.90 Å². The molecular formula is C19H17FN2S2. The molecule has 1 saturated heterocycles. The number of nitrogens with zero attached hydrogens (tertiary/aromatic N) is 2. The molecular weight excluding hydrogens is 339 g/mol. The Kier molecular flexibility index (Phi) is 4.54. The van der Waals surface area contributed by atoms with E-state index < -0.39 is 0 Å². The van der Waals surface area contributed by atoms with Crippen LogP contribution in [0.3, 0.4) is 0 Å². The molecule has 1 aliphatic rings. The molecule has 0 amide bonds. The van der Waals surface area contributed by atoms with Gasteiger partial charge in [0.25, 0.3) is 0 Å². The van der Waals surface area contributed by atoms with E-state index in [4.69, 9.17) is 0 Å². The van der Waals surface area contributed by atoms with Crippen molar-refractivity contribution in [1.29, 1.82) is 0 Å². The third kappa shape index (κ3) is 3.32. The first-order chi connectivity index (χ1) is 11.8. The van der Waals surface area contributed by atoms with Crippen LogP contribution in [0.25, 0.3) is 21.0 Å². The summed E-state index contributed by atoms with van der Waals surface area (Å²) in [6, 6.07) is 15.2. The predicted molar refractivity (Wildman–Crippen MR) is 102 cm³/mol. The average Bonchev–Trinajstić information content (AvgIpc) is 3.13. The summed E-state index contributed by atoms with van der Waals surface area (Å²) in [6.07, 6.45) is 1.90. The van der Waals surface area contributed by atoms with Gasteiger partial charge in [-0.25, -0.2) is 9.37 Å². The molecule has 0 spiro atoms. The van der Waals surface area contributed by atoms with Gasteiger partial charge in [-0.3, -0.25) is 0 Å². The normalized spacial score (nSPS) is 14.8. The number of thiazole rings is 1. The first-order valence-electron chi connectivity index (χ1n) is 7.94. The number of aromatic nitrogens is 1. The van der Waals surface area contributed by atoms with E-state index in [-0.39, 0.29) is 5.82 Å². The molecule has 2 heterocycles. The summed E-state index contributed by atoms with van der Waals surface area (Å²) in [6.45, 7) is 2.25. The molecule has 0 atom stereocenters. The predicted octanol–water partition coefficient (Wildman–Crippen LogP) is 5.17. The number of benzene rings is 2. The fraction of sp³-hybridized carbons (Fsp3) is 0.211. The van der Waals surface area contributed by atoms with Crippen LogP contribution in [-0.4, -0.2) is 29.6 Å². The summed E-state index contributed by atoms with van der Waals surface area (Å²) < 4.78 is 13.0. The number of anilines is 1. The van der Waals surface area contributed by atoms with Crippen LogP contribution in [0, 0.1) is 5.82 Å². The van der Waals surface area contributed by atoms with Gasteiger partial charge < -0.3 is 4.90 Å². The van der Waals surface area contributed by atoms with Gasteiger partial charge in [-0.15, -0.1) is 11.3 Å². The summed E-state index contributed by atoms with van der Waals surface area (Å²) in [4.78, 5) is 8.06. The van der Waals surface area contributed by atoms with Gasteiger partial charge >= 0.3 is 0 Å². The highest BCUT2D eigenvalue weighted by atomic mass is 32.2. The number of hydrogen-bond donors (Lipinski definition) is 0. The number of thioether (sulfide) groups is 1. The largest absolute Gasteiger partial charge is 0.370 e. The van der Waals surface area contributed by atoms with Crippen molar-refractivity contribution in [2.45, 2.75) is 0 Å². The number of rotatable bonds is 3. The Hall–Kier alpha value is -1.85. The van der Waals surface area contributed by atoms with Crippen LogP contribution in [0.5, 0.6) is 0 Å². The minimum Gasteiger partial charge on any atom is -0.370 e. The van der Waals surface area contributed by atoms with E-state index in [1.54, 1.807) is 23.5 Å². The van der Waals surface area contributed by atoms with Crippen molar-refractivity contribution in [2.24, 2.45) is 0 Å². The molecule has 5 heteroatoms. The first kappa shape index (κ1) is 15.7. The van der Waals surface area contributed by atoms with Gasteiger partial charge in [0.1, 0.15) is 10.8 Å². The Morgan fingerprint density at radius 2 is 1.54 bits per heavy atom. The zero-order valence-corrected chi connectivity index (χ0v) is 14.7. The Bertz CT molecular complexity index is 806. The van der Waals surface area contributed by atoms with Crippen LogP contribution in [0.1, 0.15) is 0 Å². The number of hydrogen-bond acceptors (Lipinski definition) is 4. The third-order valence-corrected chi connectivity index (χ3v) is 6.16. The van der Waals surface area contributed by atoms with Crippen LogP contribution in [0.4, 0.5) is 10.1 Å². The molecule has 0 N–H and O–H groups in total. The minimum absolute atomic E-state index is 0.220. The topological polar surface area (TPSA) is 16.1 Å². The quantitative estimate of drug-likeness (QED) is 0.644. The lowest BCUT2D eigenvalue weighted by Crippen LogP contribution is -2.32. The molecule has 1 aromatic heterocycles. The van der Waals surface area contributed by atoms with Crippen molar-refractivity contribution in [3.8, 4) is 21.0 Å². The molecule has 2 aromatic carbocycles. The van der Waals surface area contributed by atoms with Crippen molar-refractivity contribution in [3.63, 3.8) is 0 Å². The maximum Gasteiger partial charge on any atom is 0.123 e. The van der Waals surface area contributed by atoms with Gasteiger partial charge in [0.05, 0.1) is 4.88 Å². The molecule has 0 unspecified atom stereocenters. The highest BCUT2D eigenvalue weighted by Crippen LogP contribution is 2.33. The van der Waals surface area contributed by atoms with Crippen molar-refractivity contribution in [2.75, 3.05) is 29.5 Å². The zero-order chi connectivity index (χ0) is 16.4. The Morgan fingerprint density at radius 3 is 2.25 bits per heavy atom. The van der Waals surface area contributed by atoms with Crippen molar-refractivity contribution in [1.82, 2.24) is 4.98 Å². The van der Waals surface area contributed by atoms with Crippen LogP contribution in [0.2, 0.25) is 0 Å². The van der Waals surface area contributed by atoms with Gasteiger partial charge in [-0.1, -0.05) is 12.1 Å². The van der Waals surface area contributed by atoms with Crippen molar-refractivity contribution in [3.05, 3.63) is 60.5 Å². The SMILES string of the molecule is Fc1ccc(-c2ncc(-c3ccc(N4CCSCC4)cc3)s2)cc1. The Balaban J connectivity index is 1.54. The van der Waals surface area contributed by atoms with Crippen LogP contribution in [0.15, 0.2) is 54.7 Å². The lowest BCUT2D eigenvalue weighted by Gasteiger charge is -2.28. The van der Waals surface area contributed by atoms with Gasteiger partial charge in [0, 0.05) is 42.0 Å². The molecule has 0 bridgehead atoms. The average molecular weight is 356 g/mol. The maximum absolute atomic E-state index is 13.0. The second-order valence-corrected chi connectivity index (χ2v) is 7.94. The second-order valence-electron chi connectivity index (χ2n) is 5.68. The molecule has 2 nitrogen and oxygen atoms in total. The van der Waals surface area contributed by atoms with E-state index in [9.17, 15) is 4.39 Å². The maximum atomic E-state index is 13.0. The van der Waals surface area contributed by atoms with E-state index in [0.29, 0.717) is 0 Å². The smallest absolute Gasteiger partial charge is 0.123 e. The van der Waals surface area contributed by atoms with E-state index >= 15 is 0 Å². The summed E-state index contributed by atoms with van der Waals surface area (Å²) in [5.41, 5.74) is 3.42. The fourth-order valence-electron chi connectivity index (χ4n) is 2.79. The standard InChI is InChI=1S/C19H17FN2S2/c20-16-5-1-15(2-6-16)19-21-13-18(24-19)14-3-7-17(8-4-14)22-9-11-23-12-10-22/h1-8,13H,9-12H2. The van der Waals surface area contributed by atoms with Gasteiger partial charge in [-0.05, 0) is 42.0 Å². The molecule has 1 fully saturated rings. The minimum atomic E-state index is -0.220. The van der Waals surface area contributed by atoms with Gasteiger partial charge in [0.15, 0.2) is 0 Å². The summed E-state index contributed by atoms with van der Waals surface area (Å²) in [5.74, 6) is 2.19. The van der Waals surface area contributed by atoms with Crippen LogP contribution in [-0.2, 0) is 0 Å². The molecule has 1 aliphatic heterocycles. The Labute approximate surface area is 149 Å². The summed E-state index contributed by atoms with van der Waals surface area (Å²) in [5, 5.41) is 0.919. The summed E-state index contributed by atoms with van der Waals surface area (Å²) in [7, 11) is 0. The lowest BCUT2D eigenvalue weighted by atomic mass is 10.1. The molecule has 0 aliphatic carbocycles. The lowest BCUT2D eigenvalue weighted by molar-refractivity contribution is 0.628. The van der Waals surface area contributed by atoms with Crippen molar-refractivity contribution >= 4 is 28.8 Å². The van der Waals surface area contributed by atoms with Crippen LogP contribution >= 0.6 is 23.1 Å². The zero-order valence-electron chi connectivity index (χ0n) is 13.1. The van der Waals surface area contributed by atoms with Gasteiger partial charge in [-0.2, -0.15) is 11.8 Å².